The highest BCUT2D eigenvalue weighted by Gasteiger charge is 2.25. The number of rotatable bonds is 8. The number of para-hydroxylation sites is 1. The van der Waals surface area contributed by atoms with Crippen molar-refractivity contribution in [3.63, 3.8) is 0 Å². The molecule has 0 aliphatic carbocycles. The summed E-state index contributed by atoms with van der Waals surface area (Å²) >= 11 is 0. The molecule has 1 saturated heterocycles. The highest BCUT2D eigenvalue weighted by Crippen LogP contribution is 2.27. The Kier molecular flexibility index (Phi) is 6.25. The summed E-state index contributed by atoms with van der Waals surface area (Å²) in [6.07, 6.45) is 2.27. The summed E-state index contributed by atoms with van der Waals surface area (Å²) in [6, 6.07) is 9.17. The molecule has 1 fully saturated rings. The van der Waals surface area contributed by atoms with Gasteiger partial charge in [0.2, 0.25) is 11.5 Å². The minimum atomic E-state index is -0.676. The summed E-state index contributed by atoms with van der Waals surface area (Å²) in [7, 11) is 1.55. The first kappa shape index (κ1) is 21.3. The molecule has 164 valence electrons. The first-order chi connectivity index (χ1) is 15.0. The van der Waals surface area contributed by atoms with E-state index in [0.29, 0.717) is 16.7 Å². The molecule has 0 radical (unpaired) electrons. The summed E-state index contributed by atoms with van der Waals surface area (Å²) in [5, 5.41) is 0.792. The molecule has 3 heterocycles. The number of esters is 1. The summed E-state index contributed by atoms with van der Waals surface area (Å²) < 4.78 is 24.1. The second kappa shape index (κ2) is 9.08. The van der Waals surface area contributed by atoms with Crippen molar-refractivity contribution in [1.29, 1.82) is 0 Å². The number of hydrogen-bond donors (Lipinski definition) is 0. The fourth-order valence-corrected chi connectivity index (χ4v) is 4.18. The van der Waals surface area contributed by atoms with Crippen molar-refractivity contribution in [1.82, 2.24) is 4.57 Å². The van der Waals surface area contributed by atoms with Gasteiger partial charge in [-0.25, -0.2) is 4.79 Å². The number of benzene rings is 1. The molecule has 7 heteroatoms. The standard InChI is InChI=1S/C24H27NO6/c1-15-11-19(16(2)25(15)12-17-7-6-10-29-17)21(26)14-30-24(27)23-20(13-28-3)18-8-4-5-9-22(18)31-23/h4-5,8-9,11,17H,6-7,10,12-14H2,1-3H3. The van der Waals surface area contributed by atoms with E-state index in [1.807, 2.05) is 38.1 Å². The van der Waals surface area contributed by atoms with Crippen LogP contribution in [0.2, 0.25) is 0 Å². The van der Waals surface area contributed by atoms with Gasteiger partial charge in [-0.15, -0.1) is 0 Å². The van der Waals surface area contributed by atoms with E-state index < -0.39 is 5.97 Å². The van der Waals surface area contributed by atoms with Crippen molar-refractivity contribution in [3.8, 4) is 0 Å². The maximum Gasteiger partial charge on any atom is 0.375 e. The molecule has 2 aromatic heterocycles. The Balaban J connectivity index is 1.47. The number of Topliss-reactive ketones (excluding diaryl/α,β-unsaturated/α-hetero) is 1. The molecule has 0 spiro atoms. The van der Waals surface area contributed by atoms with Crippen LogP contribution in [0.15, 0.2) is 34.7 Å². The number of aromatic nitrogens is 1. The van der Waals surface area contributed by atoms with E-state index >= 15 is 0 Å². The number of ketones is 1. The second-order valence-corrected chi connectivity index (χ2v) is 7.87. The van der Waals surface area contributed by atoms with Gasteiger partial charge in [0.1, 0.15) is 5.58 Å². The van der Waals surface area contributed by atoms with Crippen molar-refractivity contribution >= 4 is 22.7 Å². The van der Waals surface area contributed by atoms with E-state index in [4.69, 9.17) is 18.6 Å². The van der Waals surface area contributed by atoms with Crippen LogP contribution in [0.4, 0.5) is 0 Å². The number of methoxy groups -OCH3 is 1. The van der Waals surface area contributed by atoms with Crippen LogP contribution in [-0.2, 0) is 27.4 Å². The second-order valence-electron chi connectivity index (χ2n) is 7.87. The van der Waals surface area contributed by atoms with E-state index in [0.717, 1.165) is 42.8 Å². The smallest absolute Gasteiger partial charge is 0.375 e. The van der Waals surface area contributed by atoms with Gasteiger partial charge in [-0.05, 0) is 38.8 Å². The summed E-state index contributed by atoms with van der Waals surface area (Å²) in [5.74, 6) is -0.853. The lowest BCUT2D eigenvalue weighted by atomic mass is 10.1. The van der Waals surface area contributed by atoms with Crippen molar-refractivity contribution in [2.75, 3.05) is 20.3 Å². The van der Waals surface area contributed by atoms with E-state index in [2.05, 4.69) is 4.57 Å². The number of ether oxygens (including phenoxy) is 3. The average Bonchev–Trinajstić information content (AvgIpc) is 3.47. The number of nitrogens with zero attached hydrogens (tertiary/aromatic N) is 1. The average molecular weight is 425 g/mol. The zero-order chi connectivity index (χ0) is 22.0. The number of hydrogen-bond acceptors (Lipinski definition) is 6. The monoisotopic (exact) mass is 425 g/mol. The zero-order valence-electron chi connectivity index (χ0n) is 18.1. The molecule has 1 unspecified atom stereocenters. The Labute approximate surface area is 180 Å². The van der Waals surface area contributed by atoms with Gasteiger partial charge in [0, 0.05) is 48.2 Å². The van der Waals surface area contributed by atoms with E-state index in [1.165, 1.54) is 0 Å². The van der Waals surface area contributed by atoms with Gasteiger partial charge in [-0.3, -0.25) is 4.79 Å². The van der Waals surface area contributed by atoms with Crippen LogP contribution < -0.4 is 0 Å². The topological polar surface area (TPSA) is 79.9 Å². The normalized spacial score (nSPS) is 16.2. The Morgan fingerprint density at radius 3 is 2.77 bits per heavy atom. The SMILES string of the molecule is COCc1c(C(=O)OCC(=O)c2cc(C)n(CC3CCCO3)c2C)oc2ccccc12. The predicted octanol–water partition coefficient (Wildman–Crippen LogP) is 4.22. The maximum atomic E-state index is 12.8. The Bertz CT molecular complexity index is 1100. The highest BCUT2D eigenvalue weighted by molar-refractivity contribution is 6.01. The molecule has 1 aromatic carbocycles. The molecule has 3 aromatic rings. The van der Waals surface area contributed by atoms with Crippen LogP contribution in [-0.4, -0.2) is 42.7 Å². The molecular weight excluding hydrogens is 398 g/mol. The van der Waals surface area contributed by atoms with Gasteiger partial charge < -0.3 is 23.2 Å². The lowest BCUT2D eigenvalue weighted by Gasteiger charge is -2.14. The van der Waals surface area contributed by atoms with Gasteiger partial charge in [0.25, 0.3) is 0 Å². The molecule has 4 rings (SSSR count). The van der Waals surface area contributed by atoms with Crippen LogP contribution in [0.3, 0.4) is 0 Å². The number of fused-ring (bicyclic) bond motifs is 1. The number of carbonyl (C=O) groups is 2. The minimum Gasteiger partial charge on any atom is -0.451 e. The molecule has 1 atom stereocenters. The molecular formula is C24H27NO6. The lowest BCUT2D eigenvalue weighted by Crippen LogP contribution is -2.18. The third-order valence-corrected chi connectivity index (χ3v) is 5.79. The maximum absolute atomic E-state index is 12.8. The molecule has 1 aliphatic rings. The van der Waals surface area contributed by atoms with Gasteiger partial charge >= 0.3 is 5.97 Å². The van der Waals surface area contributed by atoms with Gasteiger partial charge in [0.15, 0.2) is 6.61 Å². The van der Waals surface area contributed by atoms with Crippen molar-refractivity contribution in [3.05, 3.63) is 58.6 Å². The molecule has 1 aliphatic heterocycles. The molecule has 0 bridgehead atoms. The van der Waals surface area contributed by atoms with Gasteiger partial charge in [-0.2, -0.15) is 0 Å². The van der Waals surface area contributed by atoms with Crippen molar-refractivity contribution in [2.24, 2.45) is 0 Å². The Morgan fingerprint density at radius 2 is 2.03 bits per heavy atom. The molecule has 7 nitrogen and oxygen atoms in total. The Hall–Kier alpha value is -2.90. The van der Waals surface area contributed by atoms with Crippen LogP contribution in [0.5, 0.6) is 0 Å². The number of furan rings is 1. The number of aryl methyl sites for hydroxylation is 1. The first-order valence-electron chi connectivity index (χ1n) is 10.5. The van der Waals surface area contributed by atoms with Gasteiger partial charge in [0.05, 0.1) is 12.7 Å². The van der Waals surface area contributed by atoms with Crippen molar-refractivity contribution in [2.45, 2.75) is 45.9 Å². The quantitative estimate of drug-likeness (QED) is 0.397. The predicted molar refractivity (Wildman–Crippen MR) is 114 cm³/mol. The largest absolute Gasteiger partial charge is 0.451 e. The van der Waals surface area contributed by atoms with Crippen LogP contribution >= 0.6 is 0 Å². The summed E-state index contributed by atoms with van der Waals surface area (Å²) in [6.45, 7) is 5.25. The summed E-state index contributed by atoms with van der Waals surface area (Å²) in [4.78, 5) is 25.5. The van der Waals surface area contributed by atoms with E-state index in [1.54, 1.807) is 13.2 Å². The summed E-state index contributed by atoms with van der Waals surface area (Å²) in [5.41, 5.74) is 3.60. The fraction of sp³-hybridized carbons (Fsp3) is 0.417. The van der Waals surface area contributed by atoms with Gasteiger partial charge in [-0.1, -0.05) is 18.2 Å². The van der Waals surface area contributed by atoms with Crippen molar-refractivity contribution < 1.29 is 28.2 Å². The third kappa shape index (κ3) is 4.29. The molecule has 31 heavy (non-hydrogen) atoms. The Morgan fingerprint density at radius 1 is 1.23 bits per heavy atom. The first-order valence-corrected chi connectivity index (χ1v) is 10.5. The van der Waals surface area contributed by atoms with E-state index in [-0.39, 0.29) is 30.9 Å². The molecule has 0 amide bonds. The van der Waals surface area contributed by atoms with Crippen LogP contribution in [0.25, 0.3) is 11.0 Å². The minimum absolute atomic E-state index is 0.0692. The lowest BCUT2D eigenvalue weighted by molar-refractivity contribution is 0.0440. The third-order valence-electron chi connectivity index (χ3n) is 5.79. The number of carbonyl (C=O) groups excluding carboxylic acids is 2. The van der Waals surface area contributed by atoms with Crippen LogP contribution in [0, 0.1) is 13.8 Å². The zero-order valence-corrected chi connectivity index (χ0v) is 18.1. The van der Waals surface area contributed by atoms with Crippen LogP contribution in [0.1, 0.15) is 50.7 Å². The molecule has 0 saturated carbocycles. The highest BCUT2D eigenvalue weighted by atomic mass is 16.5. The fourth-order valence-electron chi connectivity index (χ4n) is 4.18. The molecule has 0 N–H and O–H groups in total. The van der Waals surface area contributed by atoms with E-state index in [9.17, 15) is 9.59 Å².